The summed E-state index contributed by atoms with van der Waals surface area (Å²) in [5.41, 5.74) is 0.512. The van der Waals surface area contributed by atoms with Gasteiger partial charge in [-0.1, -0.05) is 0 Å². The van der Waals surface area contributed by atoms with Gasteiger partial charge in [0.25, 0.3) is 0 Å². The average molecular weight is 366 g/mol. The molecule has 0 saturated heterocycles. The molecule has 1 aromatic heterocycles. The molecule has 0 amide bonds. The van der Waals surface area contributed by atoms with Crippen molar-refractivity contribution in [2.75, 3.05) is 6.54 Å². The molecule has 26 heavy (non-hydrogen) atoms. The van der Waals surface area contributed by atoms with E-state index in [1.165, 1.54) is 27.0 Å². The van der Waals surface area contributed by atoms with Crippen LogP contribution in [0.25, 0.3) is 0 Å². The van der Waals surface area contributed by atoms with Crippen LogP contribution < -0.4 is 10.1 Å². The molecule has 1 unspecified atom stereocenters. The number of ether oxygens (including phenoxy) is 3. The lowest BCUT2D eigenvalue weighted by Crippen LogP contribution is -2.39. The van der Waals surface area contributed by atoms with Gasteiger partial charge in [0.2, 0.25) is 0 Å². The number of carbonyl (C=O) groups excluding carboxylic acids is 3. The Morgan fingerprint density at radius 3 is 2.27 bits per heavy atom. The van der Waals surface area contributed by atoms with Crippen LogP contribution in [0.3, 0.4) is 0 Å². The van der Waals surface area contributed by atoms with E-state index in [4.69, 9.17) is 14.2 Å². The SMILES string of the molecule is CC(=O)OCc1nccc(C(CNC(C)(C)C)OC(C)=O)c1OC(C)=O. The van der Waals surface area contributed by atoms with Crippen LogP contribution in [0.1, 0.15) is 58.9 Å². The van der Waals surface area contributed by atoms with Crippen molar-refractivity contribution in [3.05, 3.63) is 23.5 Å². The standard InChI is InChI=1S/C18H26N2O6/c1-11(21)24-10-15-17(26-13(3)23)14(7-8-19-15)16(25-12(2)22)9-20-18(4,5)6/h7-8,16,20H,9-10H2,1-6H3. The Hall–Kier alpha value is -2.48. The van der Waals surface area contributed by atoms with Crippen LogP contribution in [0.5, 0.6) is 5.75 Å². The summed E-state index contributed by atoms with van der Waals surface area (Å²) in [5.74, 6) is -1.40. The van der Waals surface area contributed by atoms with Crippen molar-refractivity contribution in [3.8, 4) is 5.75 Å². The molecule has 0 fully saturated rings. The van der Waals surface area contributed by atoms with E-state index in [1.54, 1.807) is 6.07 Å². The van der Waals surface area contributed by atoms with Gasteiger partial charge in [-0.3, -0.25) is 19.4 Å². The van der Waals surface area contributed by atoms with E-state index in [1.807, 2.05) is 20.8 Å². The molecule has 0 bridgehead atoms. The van der Waals surface area contributed by atoms with Crippen LogP contribution in [0.4, 0.5) is 0 Å². The number of nitrogens with one attached hydrogen (secondary N) is 1. The maximum Gasteiger partial charge on any atom is 0.308 e. The summed E-state index contributed by atoms with van der Waals surface area (Å²) in [4.78, 5) is 38.3. The van der Waals surface area contributed by atoms with Crippen molar-refractivity contribution in [2.24, 2.45) is 0 Å². The van der Waals surface area contributed by atoms with Crippen LogP contribution in [-0.2, 0) is 30.5 Å². The topological polar surface area (TPSA) is 104 Å². The lowest BCUT2D eigenvalue weighted by Gasteiger charge is -2.26. The van der Waals surface area contributed by atoms with Gasteiger partial charge in [0.1, 0.15) is 18.4 Å². The summed E-state index contributed by atoms with van der Waals surface area (Å²) in [6, 6.07) is 1.60. The van der Waals surface area contributed by atoms with Gasteiger partial charge < -0.3 is 19.5 Å². The van der Waals surface area contributed by atoms with Crippen molar-refractivity contribution in [3.63, 3.8) is 0 Å². The van der Waals surface area contributed by atoms with Crippen molar-refractivity contribution < 1.29 is 28.6 Å². The van der Waals surface area contributed by atoms with Crippen LogP contribution in [0.2, 0.25) is 0 Å². The lowest BCUT2D eigenvalue weighted by molar-refractivity contribution is -0.146. The van der Waals surface area contributed by atoms with E-state index in [-0.39, 0.29) is 23.6 Å². The van der Waals surface area contributed by atoms with Gasteiger partial charge in [-0.15, -0.1) is 0 Å². The maximum absolute atomic E-state index is 11.5. The highest BCUT2D eigenvalue weighted by molar-refractivity contribution is 5.71. The molecule has 0 saturated carbocycles. The highest BCUT2D eigenvalue weighted by Gasteiger charge is 2.25. The highest BCUT2D eigenvalue weighted by Crippen LogP contribution is 2.31. The van der Waals surface area contributed by atoms with E-state index < -0.39 is 24.0 Å². The normalized spacial score (nSPS) is 12.2. The molecular formula is C18H26N2O6. The summed E-state index contributed by atoms with van der Waals surface area (Å²) in [7, 11) is 0. The third kappa shape index (κ3) is 7.60. The number of carbonyl (C=O) groups is 3. The molecule has 144 valence electrons. The number of rotatable bonds is 7. The van der Waals surface area contributed by atoms with E-state index >= 15 is 0 Å². The Balaban J connectivity index is 3.28. The van der Waals surface area contributed by atoms with Gasteiger partial charge in [-0.05, 0) is 26.8 Å². The number of esters is 3. The highest BCUT2D eigenvalue weighted by atomic mass is 16.6. The molecule has 1 heterocycles. The van der Waals surface area contributed by atoms with Crippen LogP contribution in [0, 0.1) is 0 Å². The first-order chi connectivity index (χ1) is 12.0. The summed E-state index contributed by atoms with van der Waals surface area (Å²) >= 11 is 0. The molecule has 8 nitrogen and oxygen atoms in total. The fraction of sp³-hybridized carbons (Fsp3) is 0.556. The predicted molar refractivity (Wildman–Crippen MR) is 93.3 cm³/mol. The number of aromatic nitrogens is 1. The molecule has 1 aromatic rings. The number of hydrogen-bond donors (Lipinski definition) is 1. The third-order valence-corrected chi connectivity index (χ3v) is 3.14. The Kier molecular flexibility index (Phi) is 7.70. The lowest BCUT2D eigenvalue weighted by atomic mass is 10.0. The minimum atomic E-state index is -0.708. The minimum absolute atomic E-state index is 0.128. The Morgan fingerprint density at radius 1 is 1.12 bits per heavy atom. The van der Waals surface area contributed by atoms with Gasteiger partial charge in [0, 0.05) is 44.6 Å². The van der Waals surface area contributed by atoms with Gasteiger partial charge in [-0.2, -0.15) is 0 Å². The average Bonchev–Trinajstić information content (AvgIpc) is 2.48. The Labute approximate surface area is 153 Å². The van der Waals surface area contributed by atoms with Crippen molar-refractivity contribution in [1.29, 1.82) is 0 Å². The first-order valence-electron chi connectivity index (χ1n) is 8.21. The van der Waals surface area contributed by atoms with E-state index in [0.29, 0.717) is 12.1 Å². The van der Waals surface area contributed by atoms with Gasteiger partial charge in [0.05, 0.1) is 0 Å². The quantitative estimate of drug-likeness (QED) is 0.731. The molecule has 0 aliphatic rings. The van der Waals surface area contributed by atoms with E-state index in [0.717, 1.165) is 0 Å². The zero-order valence-corrected chi connectivity index (χ0v) is 16.0. The third-order valence-electron chi connectivity index (χ3n) is 3.14. The van der Waals surface area contributed by atoms with E-state index in [2.05, 4.69) is 10.3 Å². The molecule has 1 rings (SSSR count). The Morgan fingerprint density at radius 2 is 1.77 bits per heavy atom. The van der Waals surface area contributed by atoms with Gasteiger partial charge >= 0.3 is 17.9 Å². The summed E-state index contributed by atoms with van der Waals surface area (Å²) in [6.07, 6.45) is 0.773. The fourth-order valence-corrected chi connectivity index (χ4v) is 2.11. The molecule has 0 aromatic carbocycles. The van der Waals surface area contributed by atoms with Gasteiger partial charge in [-0.25, -0.2) is 0 Å². The second kappa shape index (κ2) is 9.28. The maximum atomic E-state index is 11.5. The summed E-state index contributed by atoms with van der Waals surface area (Å²) < 4.78 is 15.7. The molecule has 0 aliphatic heterocycles. The first kappa shape index (κ1) is 21.6. The predicted octanol–water partition coefficient (Wildman–Crippen LogP) is 2.06. The number of hydrogen-bond acceptors (Lipinski definition) is 8. The second-order valence-electron chi connectivity index (χ2n) is 6.78. The fourth-order valence-electron chi connectivity index (χ4n) is 2.11. The molecule has 1 atom stereocenters. The summed E-state index contributed by atoms with van der Waals surface area (Å²) in [6.45, 7) is 9.89. The van der Waals surface area contributed by atoms with Crippen molar-refractivity contribution in [2.45, 2.75) is 59.8 Å². The second-order valence-corrected chi connectivity index (χ2v) is 6.78. The molecule has 0 radical (unpaired) electrons. The number of pyridine rings is 1. The van der Waals surface area contributed by atoms with Crippen LogP contribution in [0.15, 0.2) is 12.3 Å². The molecule has 0 aliphatic carbocycles. The first-order valence-corrected chi connectivity index (χ1v) is 8.21. The zero-order chi connectivity index (χ0) is 19.9. The molecular weight excluding hydrogens is 340 g/mol. The monoisotopic (exact) mass is 366 g/mol. The minimum Gasteiger partial charge on any atom is -0.459 e. The smallest absolute Gasteiger partial charge is 0.308 e. The largest absolute Gasteiger partial charge is 0.459 e. The van der Waals surface area contributed by atoms with Crippen LogP contribution >= 0.6 is 0 Å². The van der Waals surface area contributed by atoms with Crippen molar-refractivity contribution in [1.82, 2.24) is 10.3 Å². The zero-order valence-electron chi connectivity index (χ0n) is 16.0. The molecule has 8 heteroatoms. The van der Waals surface area contributed by atoms with Gasteiger partial charge in [0.15, 0.2) is 5.75 Å². The Bertz CT molecular complexity index is 666. The van der Waals surface area contributed by atoms with Crippen LogP contribution in [-0.4, -0.2) is 35.0 Å². The number of nitrogens with zero attached hydrogens (tertiary/aromatic N) is 1. The molecule has 1 N–H and O–H groups in total. The molecule has 0 spiro atoms. The van der Waals surface area contributed by atoms with E-state index in [9.17, 15) is 14.4 Å². The van der Waals surface area contributed by atoms with Crippen molar-refractivity contribution >= 4 is 17.9 Å². The summed E-state index contributed by atoms with van der Waals surface area (Å²) in [5, 5.41) is 3.25.